The fourth-order valence-corrected chi connectivity index (χ4v) is 2.51. The Morgan fingerprint density at radius 2 is 1.34 bits per heavy atom. The molecule has 5 atom stereocenters. The van der Waals surface area contributed by atoms with Gasteiger partial charge in [0.1, 0.15) is 18.3 Å². The summed E-state index contributed by atoms with van der Waals surface area (Å²) >= 11 is 0. The van der Waals surface area contributed by atoms with Crippen LogP contribution in [-0.4, -0.2) is 127 Å². The van der Waals surface area contributed by atoms with Crippen molar-refractivity contribution >= 4 is 23.8 Å². The smallest absolute Gasteiger partial charge is 0.328 e. The predicted octanol–water partition coefficient (Wildman–Crippen LogP) is -4.83. The van der Waals surface area contributed by atoms with Gasteiger partial charge in [-0.25, -0.2) is 9.59 Å². The number of amides is 1. The molecule has 0 aromatic heterocycles. The first-order valence-corrected chi connectivity index (χ1v) is 8.15. The van der Waals surface area contributed by atoms with Crippen molar-refractivity contribution in [3.05, 3.63) is 12.2 Å². The van der Waals surface area contributed by atoms with E-state index in [1.165, 1.54) is 7.05 Å². The zero-order chi connectivity index (χ0) is 22.9. The van der Waals surface area contributed by atoms with Crippen LogP contribution in [0.25, 0.3) is 0 Å². The van der Waals surface area contributed by atoms with Crippen LogP contribution in [0.5, 0.6) is 0 Å². The molecule has 0 saturated carbocycles. The highest BCUT2D eigenvalue weighted by atomic mass is 16.4. The van der Waals surface area contributed by atoms with Gasteiger partial charge in [-0.1, -0.05) is 0 Å². The number of nitrogens with one attached hydrogen (secondary N) is 1. The molecule has 0 aromatic carbocycles. The third-order valence-electron chi connectivity index (χ3n) is 4.02. The van der Waals surface area contributed by atoms with Crippen LogP contribution in [-0.2, 0) is 14.4 Å². The Balaban J connectivity index is 0.000000828. The van der Waals surface area contributed by atoms with E-state index in [4.69, 9.17) is 21.4 Å². The standard InChI is InChI=1S/C11H22N4O6.C4H4O4/c1-14(11(12)13)2-7(18)15-5(3-16)8(19)10(21)9(20)6(15)4-17;5-3(6)1-2-4(7)8/h5-6,8-10,16-17,19-21H,2-4H2,1H3,(H3,12,13);1-2H,(H,5,6)(H,7,8)/b;2-1+/t5-,6-,8-,9+,10+;/m1./s1. The van der Waals surface area contributed by atoms with Gasteiger partial charge >= 0.3 is 11.9 Å². The summed E-state index contributed by atoms with van der Waals surface area (Å²) in [5, 5.41) is 70.9. The average Bonchev–Trinajstić information content (AvgIpc) is 2.64. The first kappa shape index (κ1) is 26.2. The molecule has 1 aliphatic heterocycles. The van der Waals surface area contributed by atoms with Crippen molar-refractivity contribution < 1.29 is 50.1 Å². The maximum absolute atomic E-state index is 12.3. The number of rotatable bonds is 6. The number of aliphatic carboxylic acids is 2. The van der Waals surface area contributed by atoms with E-state index in [2.05, 4.69) is 0 Å². The van der Waals surface area contributed by atoms with Gasteiger partial charge in [0.25, 0.3) is 0 Å². The van der Waals surface area contributed by atoms with Crippen molar-refractivity contribution in [1.82, 2.24) is 9.80 Å². The Hall–Kier alpha value is -2.78. The minimum atomic E-state index is -1.59. The first-order valence-electron chi connectivity index (χ1n) is 8.15. The lowest BCUT2D eigenvalue weighted by Gasteiger charge is -2.48. The molecule has 10 N–H and O–H groups in total. The van der Waals surface area contributed by atoms with E-state index < -0.39 is 61.5 Å². The molecule has 1 amide bonds. The van der Waals surface area contributed by atoms with E-state index in [1.807, 2.05) is 0 Å². The normalized spacial score (nSPS) is 26.4. The molecule has 1 aliphatic rings. The number of nitrogens with two attached hydrogens (primary N) is 1. The van der Waals surface area contributed by atoms with Crippen LogP contribution in [0, 0.1) is 5.41 Å². The number of hydrogen-bond donors (Lipinski definition) is 9. The van der Waals surface area contributed by atoms with E-state index in [0.29, 0.717) is 12.2 Å². The van der Waals surface area contributed by atoms with Crippen LogP contribution < -0.4 is 5.73 Å². The fourth-order valence-electron chi connectivity index (χ4n) is 2.51. The topological polar surface area (TPSA) is 249 Å². The molecule has 14 nitrogen and oxygen atoms in total. The van der Waals surface area contributed by atoms with Gasteiger partial charge in [-0.05, 0) is 0 Å². The third-order valence-corrected chi connectivity index (χ3v) is 4.02. The second-order valence-electron chi connectivity index (χ2n) is 6.02. The Morgan fingerprint density at radius 3 is 1.62 bits per heavy atom. The molecule has 1 saturated heterocycles. The Labute approximate surface area is 165 Å². The number of carbonyl (C=O) groups is 3. The lowest BCUT2D eigenvalue weighted by Crippen LogP contribution is -2.70. The van der Waals surface area contributed by atoms with Crippen molar-refractivity contribution in [1.29, 1.82) is 5.41 Å². The van der Waals surface area contributed by atoms with Gasteiger partial charge < -0.3 is 51.3 Å². The van der Waals surface area contributed by atoms with Gasteiger partial charge in [0.15, 0.2) is 5.96 Å². The Bertz CT molecular complexity index is 594. The molecular weight excluding hydrogens is 396 g/mol. The molecule has 0 radical (unpaired) electrons. The monoisotopic (exact) mass is 422 g/mol. The first-order chi connectivity index (χ1) is 13.4. The highest BCUT2D eigenvalue weighted by Crippen LogP contribution is 2.24. The molecule has 0 bridgehead atoms. The summed E-state index contributed by atoms with van der Waals surface area (Å²) < 4.78 is 0. The molecular formula is C15H26N4O10. The molecule has 0 spiro atoms. The summed E-state index contributed by atoms with van der Waals surface area (Å²) in [6.07, 6.45) is -3.59. The molecule has 14 heteroatoms. The Kier molecular flexibility index (Phi) is 10.8. The second kappa shape index (κ2) is 11.9. The quantitative estimate of drug-likeness (QED) is 0.111. The zero-order valence-corrected chi connectivity index (χ0v) is 15.5. The van der Waals surface area contributed by atoms with Crippen LogP contribution in [0.2, 0.25) is 0 Å². The van der Waals surface area contributed by atoms with E-state index in [9.17, 15) is 39.9 Å². The van der Waals surface area contributed by atoms with E-state index in [0.717, 1.165) is 9.80 Å². The lowest BCUT2D eigenvalue weighted by atomic mass is 9.88. The molecule has 0 aromatic rings. The van der Waals surface area contributed by atoms with Gasteiger partial charge in [0.05, 0.1) is 31.8 Å². The number of likely N-dealkylation sites (tertiary alicyclic amines) is 1. The van der Waals surface area contributed by atoms with Crippen LogP contribution in [0.1, 0.15) is 0 Å². The van der Waals surface area contributed by atoms with E-state index in [-0.39, 0.29) is 12.5 Å². The molecule has 1 rings (SSSR count). The van der Waals surface area contributed by atoms with Gasteiger partial charge in [0.2, 0.25) is 5.91 Å². The van der Waals surface area contributed by atoms with Gasteiger partial charge in [-0.2, -0.15) is 0 Å². The summed E-state index contributed by atoms with van der Waals surface area (Å²) in [6, 6.07) is -2.35. The molecule has 1 fully saturated rings. The van der Waals surface area contributed by atoms with Gasteiger partial charge in [0, 0.05) is 19.2 Å². The van der Waals surface area contributed by atoms with Crippen LogP contribution in [0.3, 0.4) is 0 Å². The van der Waals surface area contributed by atoms with Crippen molar-refractivity contribution in [3.8, 4) is 0 Å². The van der Waals surface area contributed by atoms with E-state index in [1.54, 1.807) is 0 Å². The number of guanidine groups is 1. The summed E-state index contributed by atoms with van der Waals surface area (Å²) in [5.74, 6) is -3.53. The maximum Gasteiger partial charge on any atom is 0.328 e. The third kappa shape index (κ3) is 7.63. The van der Waals surface area contributed by atoms with Crippen LogP contribution in [0.4, 0.5) is 0 Å². The second-order valence-corrected chi connectivity index (χ2v) is 6.02. The SMILES string of the molecule is CN(CC(=O)N1[C@H](CO)[C@H](O)[C@@H](O)[C@H](O)[C@H]1CO)C(=N)N.O=C(O)/C=C/C(=O)O. The minimum Gasteiger partial charge on any atom is -0.478 e. The number of likely N-dealkylation sites (N-methyl/N-ethyl adjacent to an activating group) is 1. The number of carboxylic acid groups (broad SMARTS) is 2. The Morgan fingerprint density at radius 1 is 0.966 bits per heavy atom. The number of carboxylic acids is 2. The minimum absolute atomic E-state index is 0.335. The number of nitrogens with zero attached hydrogens (tertiary/aromatic N) is 2. The summed E-state index contributed by atoms with van der Waals surface area (Å²) in [4.78, 5) is 33.4. The number of aliphatic hydroxyl groups excluding tert-OH is 5. The zero-order valence-electron chi connectivity index (χ0n) is 15.5. The number of piperidine rings is 1. The highest BCUT2D eigenvalue weighted by molar-refractivity contribution is 5.89. The van der Waals surface area contributed by atoms with Gasteiger partial charge in [-0.3, -0.25) is 10.2 Å². The van der Waals surface area contributed by atoms with Crippen LogP contribution >= 0.6 is 0 Å². The molecule has 1 heterocycles. The van der Waals surface area contributed by atoms with Crippen molar-refractivity contribution in [2.75, 3.05) is 26.8 Å². The van der Waals surface area contributed by atoms with Crippen molar-refractivity contribution in [3.63, 3.8) is 0 Å². The maximum atomic E-state index is 12.3. The van der Waals surface area contributed by atoms with Gasteiger partial charge in [-0.15, -0.1) is 0 Å². The molecule has 29 heavy (non-hydrogen) atoms. The number of carbonyl (C=O) groups excluding carboxylic acids is 1. The predicted molar refractivity (Wildman–Crippen MR) is 95.6 cm³/mol. The highest BCUT2D eigenvalue weighted by Gasteiger charge is 2.49. The number of aliphatic hydroxyl groups is 5. The summed E-state index contributed by atoms with van der Waals surface area (Å²) in [6.45, 7) is -1.65. The summed E-state index contributed by atoms with van der Waals surface area (Å²) in [7, 11) is 1.40. The van der Waals surface area contributed by atoms with Crippen molar-refractivity contribution in [2.24, 2.45) is 5.73 Å². The van der Waals surface area contributed by atoms with Crippen LogP contribution in [0.15, 0.2) is 12.2 Å². The molecule has 0 unspecified atom stereocenters. The van der Waals surface area contributed by atoms with E-state index >= 15 is 0 Å². The largest absolute Gasteiger partial charge is 0.478 e. The number of hydrogen-bond acceptors (Lipinski definition) is 9. The lowest BCUT2D eigenvalue weighted by molar-refractivity contribution is -0.187. The van der Waals surface area contributed by atoms with Crippen molar-refractivity contribution in [2.45, 2.75) is 30.4 Å². The fraction of sp³-hybridized carbons (Fsp3) is 0.600. The molecule has 0 aliphatic carbocycles. The average molecular weight is 422 g/mol. The summed E-state index contributed by atoms with van der Waals surface area (Å²) in [5.41, 5.74) is 5.23. The molecule has 166 valence electrons.